The van der Waals surface area contributed by atoms with Crippen molar-refractivity contribution in [3.05, 3.63) is 376 Å². The molecule has 18 aromatic carbocycles. The van der Waals surface area contributed by atoms with E-state index in [9.17, 15) is 0 Å². The lowest BCUT2D eigenvalue weighted by Gasteiger charge is -2.19. The molecule has 0 radical (unpaired) electrons. The first-order valence-corrected chi connectivity index (χ1v) is 36.0. The van der Waals surface area contributed by atoms with Crippen LogP contribution in [0.2, 0.25) is 0 Å². The molecule has 0 fully saturated rings. The number of benzene rings is 18. The molecule has 482 valence electrons. The number of para-hydroxylation sites is 6. The zero-order chi connectivity index (χ0) is 68.1. The van der Waals surface area contributed by atoms with Crippen LogP contribution >= 0.6 is 0 Å². The summed E-state index contributed by atoms with van der Waals surface area (Å²) in [7, 11) is 0. The van der Waals surface area contributed by atoms with E-state index in [1.807, 2.05) is 0 Å². The highest BCUT2D eigenvalue weighted by atomic mass is 15.0. The second kappa shape index (κ2) is 22.9. The monoisotopic (exact) mass is 1320 g/mol. The number of hydrogen-bond acceptors (Lipinski definition) is 0. The van der Waals surface area contributed by atoms with Crippen LogP contribution in [0.5, 0.6) is 0 Å². The Morgan fingerprint density at radius 2 is 0.346 bits per heavy atom. The molecule has 0 amide bonds. The molecular formula is C100H62N4. The third kappa shape index (κ3) is 8.67. The highest BCUT2D eigenvalue weighted by Gasteiger charge is 2.24. The molecule has 22 aromatic rings. The van der Waals surface area contributed by atoms with Crippen LogP contribution in [0.1, 0.15) is 0 Å². The van der Waals surface area contributed by atoms with Gasteiger partial charge in [-0.3, -0.25) is 0 Å². The van der Waals surface area contributed by atoms with Gasteiger partial charge in [0.25, 0.3) is 0 Å². The molecule has 0 aliphatic heterocycles. The van der Waals surface area contributed by atoms with Crippen LogP contribution in [-0.4, -0.2) is 18.3 Å². The summed E-state index contributed by atoms with van der Waals surface area (Å²) in [5.41, 5.74) is 26.0. The molecule has 0 spiro atoms. The SMILES string of the molecule is c1ccc(-n2c3ccccc3c3cc(-c4c5ccccc5c(-c5cccc(-n6c7ccccc7c7ccc(-c8cccc(-n9c%10ccccc%10c%10cc(-c%11c%12ccccc%12c(-c%12ccc%13c%14ccccc%14n(-c%14ccccc%14)c%13c%12)c%12ccccc%11%12)ccc%109)c8)cc76)c5)c5ccccc45)ccc32)cc1. The third-order valence-corrected chi connectivity index (χ3v) is 22.3. The Balaban J connectivity index is 0.655. The molecule has 0 atom stereocenters. The molecule has 4 heterocycles. The molecule has 0 saturated carbocycles. The number of rotatable bonds is 9. The predicted molar refractivity (Wildman–Crippen MR) is 441 cm³/mol. The van der Waals surface area contributed by atoms with Crippen LogP contribution in [0, 0.1) is 0 Å². The van der Waals surface area contributed by atoms with Crippen LogP contribution < -0.4 is 0 Å². The second-order valence-corrected chi connectivity index (χ2v) is 27.8. The van der Waals surface area contributed by atoms with Gasteiger partial charge in [-0.2, -0.15) is 0 Å². The summed E-state index contributed by atoms with van der Waals surface area (Å²) in [6.45, 7) is 0. The van der Waals surface area contributed by atoms with Crippen molar-refractivity contribution in [2.75, 3.05) is 0 Å². The fourth-order valence-corrected chi connectivity index (χ4v) is 17.9. The van der Waals surface area contributed by atoms with E-state index in [-0.39, 0.29) is 0 Å². The van der Waals surface area contributed by atoms with Crippen molar-refractivity contribution in [2.24, 2.45) is 0 Å². The lowest BCUT2D eigenvalue weighted by Crippen LogP contribution is -1.96. The highest BCUT2D eigenvalue weighted by Crippen LogP contribution is 2.50. The van der Waals surface area contributed by atoms with Gasteiger partial charge in [0.2, 0.25) is 0 Å². The van der Waals surface area contributed by atoms with Crippen molar-refractivity contribution in [1.29, 1.82) is 0 Å². The van der Waals surface area contributed by atoms with Gasteiger partial charge in [-0.1, -0.05) is 267 Å². The molecule has 4 heteroatoms. The Kier molecular flexibility index (Phi) is 12.8. The van der Waals surface area contributed by atoms with Crippen molar-refractivity contribution >= 4 is 130 Å². The van der Waals surface area contributed by atoms with Gasteiger partial charge in [0.15, 0.2) is 0 Å². The zero-order valence-electron chi connectivity index (χ0n) is 56.6. The van der Waals surface area contributed by atoms with Crippen molar-refractivity contribution in [2.45, 2.75) is 0 Å². The number of hydrogen-bond donors (Lipinski definition) is 0. The normalized spacial score (nSPS) is 12.0. The van der Waals surface area contributed by atoms with Gasteiger partial charge < -0.3 is 18.3 Å². The average molecular weight is 1320 g/mol. The first-order chi connectivity index (χ1) is 51.6. The summed E-state index contributed by atoms with van der Waals surface area (Å²) in [4.78, 5) is 0. The fourth-order valence-electron chi connectivity index (χ4n) is 17.9. The minimum absolute atomic E-state index is 1.11. The topological polar surface area (TPSA) is 19.7 Å². The number of fused-ring (bicyclic) bond motifs is 16. The maximum atomic E-state index is 2.48. The summed E-state index contributed by atoms with van der Waals surface area (Å²) in [6.07, 6.45) is 0. The van der Waals surface area contributed by atoms with Crippen molar-refractivity contribution in [1.82, 2.24) is 18.3 Å². The van der Waals surface area contributed by atoms with Gasteiger partial charge in [0.05, 0.1) is 44.1 Å². The van der Waals surface area contributed by atoms with Gasteiger partial charge in [-0.05, 0) is 208 Å². The van der Waals surface area contributed by atoms with Gasteiger partial charge >= 0.3 is 0 Å². The zero-order valence-corrected chi connectivity index (χ0v) is 56.6. The molecule has 0 unspecified atom stereocenters. The third-order valence-electron chi connectivity index (χ3n) is 22.3. The van der Waals surface area contributed by atoms with Gasteiger partial charge in [0.1, 0.15) is 0 Å². The maximum Gasteiger partial charge on any atom is 0.0547 e. The average Bonchev–Trinajstić information content (AvgIpc) is 1.06. The molecular weight excluding hydrogens is 1260 g/mol. The van der Waals surface area contributed by atoms with Crippen LogP contribution in [0.15, 0.2) is 376 Å². The fraction of sp³-hybridized carbons (Fsp3) is 0. The predicted octanol–water partition coefficient (Wildman–Crippen LogP) is 27.0. The Hall–Kier alpha value is -13.8. The standard InChI is InChI=1S/C100H62N4/c1-3-27-69(28-4-1)101-91-47-21-17-35-75(91)87-59-66(51-55-93(87)101)98-81-39-9-7-37-79(81)97(80-38-8-10-40-82(80)98)65-26-24-32-72(58-65)104-90-46-20-16-34-74(90)77-53-49-64(61-95(77)104)63-25-23-31-71(57-63)103-92-48-22-18-36-76(92)88-60-67(52-56-94(88)103)99-83-41-11-13-43-85(83)100(86-44-14-12-42-84(86)99)68-50-54-78-73-33-15-19-45-89(73)102(96(78)62-68)70-29-5-2-6-30-70/h1-62H. The van der Waals surface area contributed by atoms with Crippen molar-refractivity contribution in [3.63, 3.8) is 0 Å². The first kappa shape index (κ1) is 58.0. The minimum Gasteiger partial charge on any atom is -0.309 e. The molecule has 0 N–H and O–H groups in total. The van der Waals surface area contributed by atoms with E-state index < -0.39 is 0 Å². The van der Waals surface area contributed by atoms with Crippen LogP contribution in [0.25, 0.3) is 209 Å². The summed E-state index contributed by atoms with van der Waals surface area (Å²) in [6, 6.07) is 140. The van der Waals surface area contributed by atoms with Crippen molar-refractivity contribution in [3.8, 4) is 78.4 Å². The molecule has 0 aliphatic rings. The van der Waals surface area contributed by atoms with E-state index in [2.05, 4.69) is 394 Å². The molecule has 4 nitrogen and oxygen atoms in total. The van der Waals surface area contributed by atoms with Gasteiger partial charge in [-0.15, -0.1) is 0 Å². The maximum absolute atomic E-state index is 2.48. The summed E-state index contributed by atoms with van der Waals surface area (Å²) in [5, 5.41) is 19.7. The molecule has 0 saturated heterocycles. The van der Waals surface area contributed by atoms with E-state index in [0.717, 1.165) is 44.9 Å². The minimum atomic E-state index is 1.11. The van der Waals surface area contributed by atoms with E-state index in [1.54, 1.807) is 0 Å². The lowest BCUT2D eigenvalue weighted by molar-refractivity contribution is 1.18. The molecule has 104 heavy (non-hydrogen) atoms. The Morgan fingerprint density at radius 3 is 0.750 bits per heavy atom. The van der Waals surface area contributed by atoms with E-state index in [4.69, 9.17) is 0 Å². The number of aromatic nitrogens is 4. The van der Waals surface area contributed by atoms with Crippen molar-refractivity contribution < 1.29 is 0 Å². The molecule has 22 rings (SSSR count). The molecule has 4 aromatic heterocycles. The Morgan fingerprint density at radius 1 is 0.115 bits per heavy atom. The van der Waals surface area contributed by atoms with E-state index in [1.165, 1.54) is 164 Å². The molecule has 0 bridgehead atoms. The summed E-state index contributed by atoms with van der Waals surface area (Å²) < 4.78 is 9.77. The van der Waals surface area contributed by atoms with Gasteiger partial charge in [0, 0.05) is 65.8 Å². The summed E-state index contributed by atoms with van der Waals surface area (Å²) in [5.74, 6) is 0. The van der Waals surface area contributed by atoms with E-state index in [0.29, 0.717) is 0 Å². The first-order valence-electron chi connectivity index (χ1n) is 36.0. The Bertz CT molecular complexity index is 7230. The summed E-state index contributed by atoms with van der Waals surface area (Å²) >= 11 is 0. The Labute approximate surface area is 599 Å². The van der Waals surface area contributed by atoms with Crippen LogP contribution in [0.3, 0.4) is 0 Å². The largest absolute Gasteiger partial charge is 0.309 e. The van der Waals surface area contributed by atoms with Gasteiger partial charge in [-0.25, -0.2) is 0 Å². The molecule has 0 aliphatic carbocycles. The lowest BCUT2D eigenvalue weighted by atomic mass is 9.85. The van der Waals surface area contributed by atoms with Crippen LogP contribution in [-0.2, 0) is 0 Å². The van der Waals surface area contributed by atoms with Crippen LogP contribution in [0.4, 0.5) is 0 Å². The van der Waals surface area contributed by atoms with E-state index >= 15 is 0 Å². The second-order valence-electron chi connectivity index (χ2n) is 27.8. The smallest absolute Gasteiger partial charge is 0.0547 e. The number of nitrogens with zero attached hydrogens (tertiary/aromatic N) is 4. The quantitative estimate of drug-likeness (QED) is 0.128. The highest BCUT2D eigenvalue weighted by molar-refractivity contribution is 6.25.